The standard InChI is InChI=1S/C14H22O4/c1-10-11-4-7-14(17-2,18-3)8-13(11,9-15)6-5-12(10)16/h15H,4-9H2,1-3H3. The Bertz CT molecular complexity index is 381. The molecule has 18 heavy (non-hydrogen) atoms. The van der Waals surface area contributed by atoms with Crippen molar-refractivity contribution in [1.82, 2.24) is 0 Å². The number of ether oxygens (including phenoxy) is 2. The number of carbonyl (C=O) groups is 1. The molecular formula is C14H22O4. The van der Waals surface area contributed by atoms with Crippen LogP contribution in [0.15, 0.2) is 11.1 Å². The van der Waals surface area contributed by atoms with E-state index in [0.717, 1.165) is 24.0 Å². The van der Waals surface area contributed by atoms with Crippen LogP contribution in [-0.2, 0) is 14.3 Å². The van der Waals surface area contributed by atoms with Gasteiger partial charge >= 0.3 is 0 Å². The maximum absolute atomic E-state index is 11.8. The Labute approximate surface area is 108 Å². The smallest absolute Gasteiger partial charge is 0.168 e. The third-order valence-electron chi connectivity index (χ3n) is 4.75. The largest absolute Gasteiger partial charge is 0.395 e. The van der Waals surface area contributed by atoms with Gasteiger partial charge in [0.05, 0.1) is 6.61 Å². The van der Waals surface area contributed by atoms with Crippen LogP contribution in [0.1, 0.15) is 39.0 Å². The predicted molar refractivity (Wildman–Crippen MR) is 67.1 cm³/mol. The van der Waals surface area contributed by atoms with Gasteiger partial charge in [0, 0.05) is 38.9 Å². The van der Waals surface area contributed by atoms with E-state index in [9.17, 15) is 9.90 Å². The fourth-order valence-corrected chi connectivity index (χ4v) is 3.49. The van der Waals surface area contributed by atoms with Gasteiger partial charge in [-0.05, 0) is 25.3 Å². The Morgan fingerprint density at radius 1 is 1.22 bits per heavy atom. The monoisotopic (exact) mass is 254 g/mol. The molecule has 0 aliphatic heterocycles. The van der Waals surface area contributed by atoms with Crippen molar-refractivity contribution < 1.29 is 19.4 Å². The summed E-state index contributed by atoms with van der Waals surface area (Å²) in [5.74, 6) is -0.399. The zero-order valence-corrected chi connectivity index (χ0v) is 11.4. The van der Waals surface area contributed by atoms with E-state index in [2.05, 4.69) is 0 Å². The van der Waals surface area contributed by atoms with Crippen molar-refractivity contribution in [3.8, 4) is 0 Å². The molecule has 0 spiro atoms. The third kappa shape index (κ3) is 1.92. The molecule has 1 N–H and O–H groups in total. The molecule has 0 heterocycles. The van der Waals surface area contributed by atoms with Crippen molar-refractivity contribution >= 4 is 5.78 Å². The summed E-state index contributed by atoms with van der Waals surface area (Å²) in [5, 5.41) is 9.85. The minimum atomic E-state index is -0.618. The number of methoxy groups -OCH3 is 2. The fraction of sp³-hybridized carbons (Fsp3) is 0.786. The lowest BCUT2D eigenvalue weighted by molar-refractivity contribution is -0.239. The normalized spacial score (nSPS) is 31.4. The molecule has 0 aromatic carbocycles. The number of hydrogen-bond donors (Lipinski definition) is 1. The van der Waals surface area contributed by atoms with E-state index in [1.54, 1.807) is 14.2 Å². The van der Waals surface area contributed by atoms with Gasteiger partial charge in [-0.1, -0.05) is 5.57 Å². The molecule has 1 fully saturated rings. The number of allylic oxidation sites excluding steroid dienone is 1. The van der Waals surface area contributed by atoms with E-state index in [1.807, 2.05) is 6.92 Å². The van der Waals surface area contributed by atoms with Crippen LogP contribution in [0.5, 0.6) is 0 Å². The highest BCUT2D eigenvalue weighted by Gasteiger charge is 2.50. The predicted octanol–water partition coefficient (Wildman–Crippen LogP) is 1.82. The zero-order chi connectivity index (χ0) is 13.4. The molecule has 0 bridgehead atoms. The lowest BCUT2D eigenvalue weighted by Crippen LogP contribution is -2.49. The molecule has 0 saturated heterocycles. The number of rotatable bonds is 3. The fourth-order valence-electron chi connectivity index (χ4n) is 3.49. The summed E-state index contributed by atoms with van der Waals surface area (Å²) < 4.78 is 11.1. The molecule has 0 aromatic heterocycles. The van der Waals surface area contributed by atoms with E-state index in [1.165, 1.54) is 0 Å². The quantitative estimate of drug-likeness (QED) is 0.780. The van der Waals surface area contributed by atoms with E-state index in [4.69, 9.17) is 9.47 Å². The molecule has 0 aromatic rings. The Hall–Kier alpha value is -0.710. The molecule has 0 radical (unpaired) electrons. The number of ketones is 1. The summed E-state index contributed by atoms with van der Waals surface area (Å²) in [5.41, 5.74) is 1.63. The minimum absolute atomic E-state index is 0.0570. The second-order valence-electron chi connectivity index (χ2n) is 5.46. The topological polar surface area (TPSA) is 55.8 Å². The first kappa shape index (κ1) is 13.7. The van der Waals surface area contributed by atoms with Crippen LogP contribution in [0.4, 0.5) is 0 Å². The van der Waals surface area contributed by atoms with Crippen molar-refractivity contribution in [2.24, 2.45) is 5.41 Å². The highest BCUT2D eigenvalue weighted by atomic mass is 16.7. The van der Waals surface area contributed by atoms with Gasteiger partial charge in [-0.25, -0.2) is 0 Å². The van der Waals surface area contributed by atoms with Gasteiger partial charge in [0.2, 0.25) is 0 Å². The molecule has 1 saturated carbocycles. The number of hydrogen-bond acceptors (Lipinski definition) is 4. The number of fused-ring (bicyclic) bond motifs is 1. The van der Waals surface area contributed by atoms with Crippen LogP contribution in [0.3, 0.4) is 0 Å². The number of aliphatic hydroxyl groups is 1. The number of carbonyl (C=O) groups excluding carboxylic acids is 1. The highest BCUT2D eigenvalue weighted by Crippen LogP contribution is 2.52. The molecule has 0 amide bonds. The van der Waals surface area contributed by atoms with Crippen LogP contribution >= 0.6 is 0 Å². The number of Topliss-reactive ketones (excluding diaryl/α,β-unsaturated/α-hetero) is 1. The van der Waals surface area contributed by atoms with Crippen molar-refractivity contribution in [1.29, 1.82) is 0 Å². The van der Waals surface area contributed by atoms with Gasteiger partial charge in [-0.3, -0.25) is 4.79 Å². The minimum Gasteiger partial charge on any atom is -0.395 e. The molecule has 4 heteroatoms. The van der Waals surface area contributed by atoms with Crippen molar-refractivity contribution in [3.63, 3.8) is 0 Å². The molecular weight excluding hydrogens is 232 g/mol. The first-order valence-electron chi connectivity index (χ1n) is 6.47. The Morgan fingerprint density at radius 3 is 2.44 bits per heavy atom. The second-order valence-corrected chi connectivity index (χ2v) is 5.46. The third-order valence-corrected chi connectivity index (χ3v) is 4.75. The van der Waals surface area contributed by atoms with Crippen LogP contribution < -0.4 is 0 Å². The Kier molecular flexibility index (Phi) is 3.63. The van der Waals surface area contributed by atoms with Crippen molar-refractivity contribution in [3.05, 3.63) is 11.1 Å². The average Bonchev–Trinajstić information content (AvgIpc) is 2.42. The summed E-state index contributed by atoms with van der Waals surface area (Å²) in [6, 6.07) is 0. The van der Waals surface area contributed by atoms with Crippen LogP contribution in [0.2, 0.25) is 0 Å². The molecule has 4 nitrogen and oxygen atoms in total. The molecule has 2 aliphatic rings. The van der Waals surface area contributed by atoms with Crippen molar-refractivity contribution in [2.75, 3.05) is 20.8 Å². The van der Waals surface area contributed by atoms with Gasteiger partial charge in [-0.2, -0.15) is 0 Å². The SMILES string of the molecule is COC1(OC)CCC2=C(C)C(=O)CCC2(CO)C1. The lowest BCUT2D eigenvalue weighted by atomic mass is 9.61. The van der Waals surface area contributed by atoms with Crippen LogP contribution in [-0.4, -0.2) is 37.5 Å². The maximum Gasteiger partial charge on any atom is 0.168 e. The average molecular weight is 254 g/mol. The Balaban J connectivity index is 2.40. The Morgan fingerprint density at radius 2 is 1.89 bits per heavy atom. The summed E-state index contributed by atoms with van der Waals surface area (Å²) in [6.07, 6.45) is 3.34. The van der Waals surface area contributed by atoms with E-state index in [-0.39, 0.29) is 17.8 Å². The first-order chi connectivity index (χ1) is 8.52. The lowest BCUT2D eigenvalue weighted by Gasteiger charge is -2.49. The summed E-state index contributed by atoms with van der Waals surface area (Å²) in [6.45, 7) is 1.94. The van der Waals surface area contributed by atoms with E-state index in [0.29, 0.717) is 19.3 Å². The molecule has 102 valence electrons. The number of aliphatic hydroxyl groups excluding tert-OH is 1. The van der Waals surface area contributed by atoms with Gasteiger partial charge < -0.3 is 14.6 Å². The zero-order valence-electron chi connectivity index (χ0n) is 11.4. The van der Waals surface area contributed by atoms with Crippen LogP contribution in [0, 0.1) is 5.41 Å². The molecule has 1 atom stereocenters. The highest BCUT2D eigenvalue weighted by molar-refractivity contribution is 5.96. The second kappa shape index (κ2) is 4.76. The van der Waals surface area contributed by atoms with Gasteiger partial charge in [0.25, 0.3) is 0 Å². The first-order valence-corrected chi connectivity index (χ1v) is 6.47. The molecule has 2 aliphatic carbocycles. The molecule has 1 unspecified atom stereocenters. The van der Waals surface area contributed by atoms with E-state index >= 15 is 0 Å². The van der Waals surface area contributed by atoms with Gasteiger partial charge in [-0.15, -0.1) is 0 Å². The molecule has 2 rings (SSSR count). The van der Waals surface area contributed by atoms with Crippen LogP contribution in [0.25, 0.3) is 0 Å². The summed E-state index contributed by atoms with van der Waals surface area (Å²) in [4.78, 5) is 11.8. The van der Waals surface area contributed by atoms with Gasteiger partial charge in [0.1, 0.15) is 0 Å². The maximum atomic E-state index is 11.8. The van der Waals surface area contributed by atoms with Crippen molar-refractivity contribution in [2.45, 2.75) is 44.8 Å². The summed E-state index contributed by atoms with van der Waals surface area (Å²) in [7, 11) is 3.29. The van der Waals surface area contributed by atoms with Gasteiger partial charge in [0.15, 0.2) is 11.6 Å². The summed E-state index contributed by atoms with van der Waals surface area (Å²) >= 11 is 0. The van der Waals surface area contributed by atoms with E-state index < -0.39 is 5.79 Å².